The zero-order valence-corrected chi connectivity index (χ0v) is 20.0. The number of benzene rings is 1. The Morgan fingerprint density at radius 3 is 2.80 bits per heavy atom. The maximum Gasteiger partial charge on any atom is 0.416 e. The molecule has 2 aliphatic heterocycles. The molecule has 2 saturated heterocycles. The molecule has 4 heterocycles. The van der Waals surface area contributed by atoms with E-state index in [4.69, 9.17) is 4.74 Å². The Hall–Kier alpha value is -2.39. The summed E-state index contributed by atoms with van der Waals surface area (Å²) >= 11 is 0. The predicted octanol–water partition coefficient (Wildman–Crippen LogP) is 5.04. The largest absolute Gasteiger partial charge is 0.416 e. The van der Waals surface area contributed by atoms with Gasteiger partial charge in [0.25, 0.3) is 0 Å². The minimum absolute atomic E-state index is 0.00170. The lowest BCUT2D eigenvalue weighted by Crippen LogP contribution is -2.47. The van der Waals surface area contributed by atoms with Gasteiger partial charge in [-0.25, -0.2) is 0 Å². The first-order valence-electron chi connectivity index (χ1n) is 12.7. The fourth-order valence-corrected chi connectivity index (χ4v) is 6.95. The lowest BCUT2D eigenvalue weighted by molar-refractivity contribution is -0.137. The van der Waals surface area contributed by atoms with Gasteiger partial charge in [0.1, 0.15) is 0 Å². The molecule has 2 aromatic heterocycles. The van der Waals surface area contributed by atoms with E-state index in [1.54, 1.807) is 6.07 Å². The number of hydrogen-bond acceptors (Lipinski definition) is 4. The van der Waals surface area contributed by atoms with E-state index in [0.29, 0.717) is 11.8 Å². The Labute approximate surface area is 202 Å². The molecular weight excluding hydrogens is 455 g/mol. The molecule has 3 aliphatic rings. The number of piperidine rings is 1. The van der Waals surface area contributed by atoms with Crippen molar-refractivity contribution in [3.8, 4) is 0 Å². The molecule has 6 rings (SSSR count). The number of likely N-dealkylation sites (tertiary alicyclic amines) is 1. The third kappa shape index (κ3) is 4.06. The molecule has 2 N–H and O–H groups in total. The molecule has 1 aromatic carbocycles. The van der Waals surface area contributed by atoms with Crippen molar-refractivity contribution >= 4 is 10.9 Å². The molecule has 1 aliphatic carbocycles. The highest BCUT2D eigenvalue weighted by Gasteiger charge is 2.42. The second kappa shape index (κ2) is 8.62. The summed E-state index contributed by atoms with van der Waals surface area (Å²) in [5, 5.41) is 12.0. The number of aromatic nitrogens is 4. The van der Waals surface area contributed by atoms with Crippen molar-refractivity contribution in [3.05, 3.63) is 46.9 Å². The van der Waals surface area contributed by atoms with E-state index in [-0.39, 0.29) is 11.3 Å². The third-order valence-corrected chi connectivity index (χ3v) is 9.02. The lowest BCUT2D eigenvalue weighted by atomic mass is 9.68. The van der Waals surface area contributed by atoms with E-state index in [2.05, 4.69) is 32.2 Å². The van der Waals surface area contributed by atoms with Gasteiger partial charge in [-0.1, -0.05) is 6.92 Å². The van der Waals surface area contributed by atoms with Crippen LogP contribution in [0.5, 0.6) is 0 Å². The molecule has 0 radical (unpaired) electrons. The maximum atomic E-state index is 13.4. The molecule has 0 spiro atoms. The summed E-state index contributed by atoms with van der Waals surface area (Å²) in [7, 11) is 0. The molecule has 188 valence electrons. The van der Waals surface area contributed by atoms with Gasteiger partial charge in [-0.3, -0.25) is 0 Å². The molecule has 6 nitrogen and oxygen atoms in total. The molecular formula is C26H32F3N5O. The first-order valence-corrected chi connectivity index (χ1v) is 12.7. The van der Waals surface area contributed by atoms with Gasteiger partial charge < -0.3 is 14.6 Å². The number of hydrogen-bond donors (Lipinski definition) is 2. The fraction of sp³-hybridized carbons (Fsp3) is 0.615. The standard InChI is InChI=1S/C26H32F3N5O/c1-16-20-15-34(9-5-25(6-10-35-11-7-25)23-14-30-33-32-23)8-4-17(20)12-22-24(16)19-13-18(26(27,28)29)2-3-21(19)31-22/h2-3,13-14,16-17,20,31H,4-12,15H2,1H3,(H,30,32,33)/t16-,17-,20-/m1/s1. The maximum absolute atomic E-state index is 13.4. The van der Waals surface area contributed by atoms with Crippen LogP contribution in [0.2, 0.25) is 0 Å². The van der Waals surface area contributed by atoms with Crippen LogP contribution in [-0.2, 0) is 22.7 Å². The third-order valence-electron chi connectivity index (χ3n) is 9.02. The average Bonchev–Trinajstić information content (AvgIpc) is 3.51. The number of nitrogens with zero attached hydrogens (tertiary/aromatic N) is 3. The number of H-pyrrole nitrogens is 2. The summed E-state index contributed by atoms with van der Waals surface area (Å²) in [5.74, 6) is 1.23. The fourth-order valence-electron chi connectivity index (χ4n) is 6.95. The van der Waals surface area contributed by atoms with Gasteiger partial charge in [-0.2, -0.15) is 28.6 Å². The van der Waals surface area contributed by atoms with Crippen molar-refractivity contribution in [1.82, 2.24) is 25.3 Å². The van der Waals surface area contributed by atoms with Crippen LogP contribution in [-0.4, -0.2) is 58.1 Å². The zero-order valence-electron chi connectivity index (χ0n) is 20.0. The number of nitrogens with one attached hydrogen (secondary N) is 2. The molecule has 3 aromatic rings. The van der Waals surface area contributed by atoms with Gasteiger partial charge in [0, 0.05) is 41.8 Å². The van der Waals surface area contributed by atoms with Crippen molar-refractivity contribution in [2.24, 2.45) is 11.8 Å². The number of aromatic amines is 2. The number of fused-ring (bicyclic) bond motifs is 4. The molecule has 0 bridgehead atoms. The monoisotopic (exact) mass is 487 g/mol. The second-order valence-corrected chi connectivity index (χ2v) is 10.8. The van der Waals surface area contributed by atoms with Gasteiger partial charge in [-0.15, -0.1) is 0 Å². The van der Waals surface area contributed by atoms with Gasteiger partial charge in [0.05, 0.1) is 17.5 Å². The Morgan fingerprint density at radius 2 is 2.06 bits per heavy atom. The van der Waals surface area contributed by atoms with Crippen LogP contribution in [0.1, 0.15) is 61.0 Å². The van der Waals surface area contributed by atoms with Crippen molar-refractivity contribution in [3.63, 3.8) is 0 Å². The number of rotatable bonds is 4. The average molecular weight is 488 g/mol. The molecule has 0 saturated carbocycles. The minimum Gasteiger partial charge on any atom is -0.381 e. The normalized spacial score (nSPS) is 27.0. The summed E-state index contributed by atoms with van der Waals surface area (Å²) < 4.78 is 45.9. The molecule has 0 unspecified atom stereocenters. The Balaban J connectivity index is 1.21. The van der Waals surface area contributed by atoms with Crippen molar-refractivity contribution in [1.29, 1.82) is 0 Å². The molecule has 0 amide bonds. The van der Waals surface area contributed by atoms with E-state index in [1.165, 1.54) is 12.1 Å². The van der Waals surface area contributed by atoms with Crippen LogP contribution in [0, 0.1) is 11.8 Å². The summed E-state index contributed by atoms with van der Waals surface area (Å²) in [6.45, 7) is 6.74. The van der Waals surface area contributed by atoms with E-state index in [0.717, 1.165) is 92.8 Å². The smallest absolute Gasteiger partial charge is 0.381 e. The SMILES string of the molecule is C[C@H]1c2c([nH]c3ccc(C(F)(F)F)cc23)C[C@H]2CCN(CCC3(c4cn[nH]n4)CCOCC3)C[C@@H]21. The van der Waals surface area contributed by atoms with Crippen LogP contribution in [0.15, 0.2) is 24.4 Å². The van der Waals surface area contributed by atoms with E-state index in [9.17, 15) is 13.2 Å². The number of ether oxygens (including phenoxy) is 1. The second-order valence-electron chi connectivity index (χ2n) is 10.8. The Kier molecular flexibility index (Phi) is 5.67. The summed E-state index contributed by atoms with van der Waals surface area (Å²) in [5.41, 5.74) is 3.51. The summed E-state index contributed by atoms with van der Waals surface area (Å²) in [6.07, 6.45) is 2.50. The first-order chi connectivity index (χ1) is 16.8. The Morgan fingerprint density at radius 1 is 1.23 bits per heavy atom. The van der Waals surface area contributed by atoms with Crippen molar-refractivity contribution < 1.29 is 17.9 Å². The number of halogens is 3. The van der Waals surface area contributed by atoms with Crippen LogP contribution >= 0.6 is 0 Å². The quantitative estimate of drug-likeness (QED) is 0.541. The van der Waals surface area contributed by atoms with Gasteiger partial charge in [0.2, 0.25) is 0 Å². The predicted molar refractivity (Wildman–Crippen MR) is 126 cm³/mol. The van der Waals surface area contributed by atoms with Gasteiger partial charge in [-0.05, 0) is 86.7 Å². The first kappa shape index (κ1) is 23.0. The van der Waals surface area contributed by atoms with E-state index in [1.807, 2.05) is 6.20 Å². The Bertz CT molecular complexity index is 1180. The highest BCUT2D eigenvalue weighted by molar-refractivity contribution is 5.86. The van der Waals surface area contributed by atoms with Crippen LogP contribution in [0.4, 0.5) is 13.2 Å². The number of alkyl halides is 3. The van der Waals surface area contributed by atoms with E-state index < -0.39 is 11.7 Å². The van der Waals surface area contributed by atoms with Crippen molar-refractivity contribution in [2.45, 2.75) is 56.5 Å². The van der Waals surface area contributed by atoms with Gasteiger partial charge in [0.15, 0.2) is 0 Å². The highest BCUT2D eigenvalue weighted by Crippen LogP contribution is 2.47. The lowest BCUT2D eigenvalue weighted by Gasteiger charge is -2.45. The molecule has 2 fully saturated rings. The summed E-state index contributed by atoms with van der Waals surface area (Å²) in [4.78, 5) is 6.01. The topological polar surface area (TPSA) is 69.8 Å². The minimum atomic E-state index is -4.33. The molecule has 3 atom stereocenters. The van der Waals surface area contributed by atoms with Crippen LogP contribution in [0.25, 0.3) is 10.9 Å². The van der Waals surface area contributed by atoms with E-state index >= 15 is 0 Å². The van der Waals surface area contributed by atoms with Crippen LogP contribution in [0.3, 0.4) is 0 Å². The zero-order chi connectivity index (χ0) is 24.2. The molecule has 9 heteroatoms. The summed E-state index contributed by atoms with van der Waals surface area (Å²) in [6, 6.07) is 4.12. The highest BCUT2D eigenvalue weighted by atomic mass is 19.4. The van der Waals surface area contributed by atoms with Crippen molar-refractivity contribution in [2.75, 3.05) is 32.8 Å². The van der Waals surface area contributed by atoms with Gasteiger partial charge >= 0.3 is 6.18 Å². The molecule has 35 heavy (non-hydrogen) atoms. The van der Waals surface area contributed by atoms with Crippen LogP contribution < -0.4 is 0 Å².